The van der Waals surface area contributed by atoms with Crippen molar-refractivity contribution in [2.24, 2.45) is 5.92 Å². The smallest absolute Gasteiger partial charge is 0.0920 e. The molecule has 0 aliphatic carbocycles. The maximum absolute atomic E-state index is 12.0. The lowest BCUT2D eigenvalue weighted by Crippen LogP contribution is -2.05. The van der Waals surface area contributed by atoms with Gasteiger partial charge in [-0.1, -0.05) is 26.0 Å². The number of ether oxygens (including phenoxy) is 1. The molecule has 72 valence electrons. The highest BCUT2D eigenvalue weighted by molar-refractivity contribution is 4.92. The van der Waals surface area contributed by atoms with Gasteiger partial charge in [0.05, 0.1) is 13.3 Å². The van der Waals surface area contributed by atoms with Crippen LogP contribution >= 0.6 is 0 Å². The van der Waals surface area contributed by atoms with E-state index in [-0.39, 0.29) is 12.6 Å². The number of halogens is 1. The topological polar surface area (TPSA) is 9.23 Å². The lowest BCUT2D eigenvalue weighted by Gasteiger charge is -2.07. The van der Waals surface area contributed by atoms with E-state index in [1.165, 1.54) is 0 Å². The minimum Gasteiger partial charge on any atom is -0.377 e. The summed E-state index contributed by atoms with van der Waals surface area (Å²) in [6, 6.07) is 0. The first-order chi connectivity index (χ1) is 5.70. The molecule has 0 saturated carbocycles. The summed E-state index contributed by atoms with van der Waals surface area (Å²) in [4.78, 5) is 0. The standard InChI is InChI=1S/C10H19FO/c1-4-9(2)8-12-6-5-10(3)7-11/h10H,2,4-8H2,1,3H3/t10-/m0/s1. The number of hydrogen-bond acceptors (Lipinski definition) is 1. The fourth-order valence-electron chi connectivity index (χ4n) is 0.680. The van der Waals surface area contributed by atoms with E-state index in [2.05, 4.69) is 13.5 Å². The monoisotopic (exact) mass is 174 g/mol. The lowest BCUT2D eigenvalue weighted by molar-refractivity contribution is 0.136. The number of rotatable bonds is 7. The van der Waals surface area contributed by atoms with E-state index >= 15 is 0 Å². The van der Waals surface area contributed by atoms with Gasteiger partial charge in [0.2, 0.25) is 0 Å². The van der Waals surface area contributed by atoms with Gasteiger partial charge in [0.15, 0.2) is 0 Å². The van der Waals surface area contributed by atoms with Gasteiger partial charge in [-0.25, -0.2) is 0 Å². The predicted molar refractivity (Wildman–Crippen MR) is 50.0 cm³/mol. The average Bonchev–Trinajstić information content (AvgIpc) is 2.11. The molecular formula is C10H19FO. The minimum absolute atomic E-state index is 0.125. The van der Waals surface area contributed by atoms with Gasteiger partial charge >= 0.3 is 0 Å². The van der Waals surface area contributed by atoms with E-state index in [1.807, 2.05) is 6.92 Å². The van der Waals surface area contributed by atoms with Crippen molar-refractivity contribution in [1.82, 2.24) is 0 Å². The summed E-state index contributed by atoms with van der Waals surface area (Å²) in [5.74, 6) is 0.125. The first kappa shape index (κ1) is 11.6. The van der Waals surface area contributed by atoms with Gasteiger partial charge in [0.1, 0.15) is 0 Å². The summed E-state index contributed by atoms with van der Waals surface area (Å²) in [5, 5.41) is 0. The molecule has 0 N–H and O–H groups in total. The van der Waals surface area contributed by atoms with Crippen LogP contribution < -0.4 is 0 Å². The maximum atomic E-state index is 12.0. The van der Waals surface area contributed by atoms with Gasteiger partial charge in [-0.3, -0.25) is 4.39 Å². The van der Waals surface area contributed by atoms with Gasteiger partial charge in [-0.05, 0) is 18.8 Å². The van der Waals surface area contributed by atoms with Crippen LogP contribution in [0, 0.1) is 5.92 Å². The Morgan fingerprint density at radius 1 is 1.58 bits per heavy atom. The largest absolute Gasteiger partial charge is 0.377 e. The van der Waals surface area contributed by atoms with Crippen LogP contribution in [-0.4, -0.2) is 19.9 Å². The molecule has 1 atom stereocenters. The van der Waals surface area contributed by atoms with Crippen LogP contribution in [0.3, 0.4) is 0 Å². The molecule has 0 fully saturated rings. The van der Waals surface area contributed by atoms with E-state index in [9.17, 15) is 4.39 Å². The van der Waals surface area contributed by atoms with Crippen molar-refractivity contribution in [2.45, 2.75) is 26.7 Å². The molecule has 1 nitrogen and oxygen atoms in total. The summed E-state index contributed by atoms with van der Waals surface area (Å²) in [5.41, 5.74) is 1.10. The van der Waals surface area contributed by atoms with E-state index in [0.717, 1.165) is 18.4 Å². The summed E-state index contributed by atoms with van der Waals surface area (Å²) in [6.07, 6.45) is 1.76. The van der Waals surface area contributed by atoms with Crippen LogP contribution in [0.15, 0.2) is 12.2 Å². The molecule has 0 aromatic carbocycles. The molecule has 0 radical (unpaired) electrons. The Balaban J connectivity index is 3.15. The van der Waals surface area contributed by atoms with Crippen LogP contribution in [0.25, 0.3) is 0 Å². The van der Waals surface area contributed by atoms with Gasteiger partial charge in [0, 0.05) is 6.61 Å². The van der Waals surface area contributed by atoms with Gasteiger partial charge in [-0.2, -0.15) is 0 Å². The highest BCUT2D eigenvalue weighted by Gasteiger charge is 2.00. The lowest BCUT2D eigenvalue weighted by atomic mass is 10.1. The predicted octanol–water partition coefficient (Wildman–Crippen LogP) is 2.96. The highest BCUT2D eigenvalue weighted by atomic mass is 19.1. The van der Waals surface area contributed by atoms with Crippen LogP contribution in [0.1, 0.15) is 26.7 Å². The van der Waals surface area contributed by atoms with E-state index < -0.39 is 0 Å². The molecule has 0 spiro atoms. The molecule has 0 rings (SSSR count). The molecule has 2 heteroatoms. The Hall–Kier alpha value is -0.370. The minimum atomic E-state index is -0.252. The second kappa shape index (κ2) is 7.29. The normalized spacial score (nSPS) is 12.9. The molecule has 0 aromatic rings. The van der Waals surface area contributed by atoms with Gasteiger partial charge < -0.3 is 4.74 Å². The molecule has 0 unspecified atom stereocenters. The molecule has 0 aliphatic heterocycles. The quantitative estimate of drug-likeness (QED) is 0.426. The first-order valence-corrected chi connectivity index (χ1v) is 4.51. The van der Waals surface area contributed by atoms with Gasteiger partial charge in [0.25, 0.3) is 0 Å². The molecule has 12 heavy (non-hydrogen) atoms. The van der Waals surface area contributed by atoms with Crippen molar-refractivity contribution in [3.05, 3.63) is 12.2 Å². The van der Waals surface area contributed by atoms with E-state index in [0.29, 0.717) is 13.2 Å². The van der Waals surface area contributed by atoms with Crippen LogP contribution in [0.5, 0.6) is 0 Å². The number of alkyl halides is 1. The zero-order valence-corrected chi connectivity index (χ0v) is 8.11. The first-order valence-electron chi connectivity index (χ1n) is 4.51. The molecule has 0 amide bonds. The molecule has 0 saturated heterocycles. The average molecular weight is 174 g/mol. The third-order valence-electron chi connectivity index (χ3n) is 1.82. The molecule has 0 heterocycles. The maximum Gasteiger partial charge on any atom is 0.0920 e. The summed E-state index contributed by atoms with van der Waals surface area (Å²) < 4.78 is 17.3. The zero-order valence-electron chi connectivity index (χ0n) is 8.11. The fraction of sp³-hybridized carbons (Fsp3) is 0.800. The third-order valence-corrected chi connectivity index (χ3v) is 1.82. The number of hydrogen-bond donors (Lipinski definition) is 0. The second-order valence-corrected chi connectivity index (χ2v) is 3.20. The van der Waals surface area contributed by atoms with Crippen molar-refractivity contribution >= 4 is 0 Å². The summed E-state index contributed by atoms with van der Waals surface area (Å²) >= 11 is 0. The van der Waals surface area contributed by atoms with Crippen LogP contribution in [0.2, 0.25) is 0 Å². The molecular weight excluding hydrogens is 155 g/mol. The second-order valence-electron chi connectivity index (χ2n) is 3.20. The van der Waals surface area contributed by atoms with Crippen LogP contribution in [-0.2, 0) is 4.74 Å². The third kappa shape index (κ3) is 6.35. The Kier molecular flexibility index (Phi) is 7.06. The highest BCUT2D eigenvalue weighted by Crippen LogP contribution is 2.03. The fourth-order valence-corrected chi connectivity index (χ4v) is 0.680. The van der Waals surface area contributed by atoms with E-state index in [1.54, 1.807) is 0 Å². The van der Waals surface area contributed by atoms with Gasteiger partial charge in [-0.15, -0.1) is 0 Å². The van der Waals surface area contributed by atoms with Crippen LogP contribution in [0.4, 0.5) is 4.39 Å². The molecule has 0 aliphatic rings. The Labute approximate surface area is 74.6 Å². The molecule has 0 bridgehead atoms. The SMILES string of the molecule is C=C(CC)COCC[C@H](C)CF. The summed E-state index contributed by atoms with van der Waals surface area (Å²) in [7, 11) is 0. The van der Waals surface area contributed by atoms with Crippen molar-refractivity contribution in [2.75, 3.05) is 19.9 Å². The Bertz CT molecular complexity index is 123. The van der Waals surface area contributed by atoms with Crippen molar-refractivity contribution in [1.29, 1.82) is 0 Å². The van der Waals surface area contributed by atoms with Crippen molar-refractivity contribution in [3.63, 3.8) is 0 Å². The summed E-state index contributed by atoms with van der Waals surface area (Å²) in [6.45, 7) is 8.76. The molecule has 0 aromatic heterocycles. The Morgan fingerprint density at radius 2 is 2.25 bits per heavy atom. The van der Waals surface area contributed by atoms with E-state index in [4.69, 9.17) is 4.74 Å². The van der Waals surface area contributed by atoms with Crippen molar-refractivity contribution < 1.29 is 9.13 Å². The Morgan fingerprint density at radius 3 is 2.75 bits per heavy atom. The zero-order chi connectivity index (χ0) is 9.40. The van der Waals surface area contributed by atoms with Crippen molar-refractivity contribution in [3.8, 4) is 0 Å².